The lowest BCUT2D eigenvalue weighted by atomic mass is 10.1. The Morgan fingerprint density at radius 1 is 1.33 bits per heavy atom. The highest BCUT2D eigenvalue weighted by Crippen LogP contribution is 2.36. The zero-order valence-corrected chi connectivity index (χ0v) is 11.8. The first-order valence-electron chi connectivity index (χ1n) is 5.91. The second-order valence-electron chi connectivity index (χ2n) is 4.08. The summed E-state index contributed by atoms with van der Waals surface area (Å²) in [5.41, 5.74) is 6.39. The van der Waals surface area contributed by atoms with Crippen LogP contribution < -0.4 is 10.5 Å². The average Bonchev–Trinajstić information content (AvgIpc) is 2.49. The summed E-state index contributed by atoms with van der Waals surface area (Å²) in [4.78, 5) is 11.8. The summed E-state index contributed by atoms with van der Waals surface area (Å²) in [6.45, 7) is 0. The van der Waals surface area contributed by atoms with Crippen LogP contribution in [0, 0.1) is 11.3 Å². The molecule has 0 amide bonds. The van der Waals surface area contributed by atoms with Gasteiger partial charge in [-0.3, -0.25) is 0 Å². The number of nitrogens with two attached hydrogens (primary N) is 1. The number of hydrogen-bond acceptors (Lipinski definition) is 5. The number of anilines is 1. The van der Waals surface area contributed by atoms with Crippen LogP contribution in [0.2, 0.25) is 5.02 Å². The van der Waals surface area contributed by atoms with Gasteiger partial charge in [0.1, 0.15) is 17.4 Å². The molecule has 0 aliphatic carbocycles. The summed E-state index contributed by atoms with van der Waals surface area (Å²) in [6.07, 6.45) is 0. The zero-order valence-electron chi connectivity index (χ0n) is 11.1. The molecule has 0 saturated heterocycles. The van der Waals surface area contributed by atoms with E-state index in [9.17, 15) is 4.79 Å². The van der Waals surface area contributed by atoms with Crippen molar-refractivity contribution in [3.8, 4) is 17.6 Å². The number of nitriles is 1. The van der Waals surface area contributed by atoms with Crippen molar-refractivity contribution in [3.63, 3.8) is 0 Å². The Bertz CT molecular complexity index is 738. The molecule has 0 aliphatic rings. The zero-order chi connectivity index (χ0) is 15.4. The molecule has 2 aromatic carbocycles. The number of hydrogen-bond donors (Lipinski definition) is 1. The number of carbonyl (C=O) groups is 1. The number of methoxy groups -OCH3 is 1. The smallest absolute Gasteiger partial charge is 0.341 e. The summed E-state index contributed by atoms with van der Waals surface area (Å²) in [7, 11) is 1.24. The summed E-state index contributed by atoms with van der Waals surface area (Å²) in [6, 6.07) is 11.5. The first-order valence-corrected chi connectivity index (χ1v) is 6.29. The van der Waals surface area contributed by atoms with Crippen molar-refractivity contribution in [2.24, 2.45) is 0 Å². The SMILES string of the molecule is COC(=O)c1cc(N)cc(Cl)c1Oc1ccccc1C#N. The van der Waals surface area contributed by atoms with E-state index < -0.39 is 5.97 Å². The molecule has 2 aromatic rings. The van der Waals surface area contributed by atoms with Crippen LogP contribution in [0.5, 0.6) is 11.5 Å². The van der Waals surface area contributed by atoms with Crippen LogP contribution in [0.25, 0.3) is 0 Å². The predicted octanol–water partition coefficient (Wildman–Crippen LogP) is 3.37. The fraction of sp³-hybridized carbons (Fsp3) is 0.0667. The summed E-state index contributed by atoms with van der Waals surface area (Å²) >= 11 is 6.09. The number of esters is 1. The van der Waals surface area contributed by atoms with Gasteiger partial charge >= 0.3 is 5.97 Å². The Balaban J connectivity index is 2.54. The van der Waals surface area contributed by atoms with Crippen LogP contribution in [-0.4, -0.2) is 13.1 Å². The number of para-hydroxylation sites is 1. The van der Waals surface area contributed by atoms with Crippen LogP contribution in [0.3, 0.4) is 0 Å². The standard InChI is InChI=1S/C15H11ClN2O3/c1-20-15(19)11-6-10(18)7-12(16)14(11)21-13-5-3-2-4-9(13)8-17/h2-7H,18H2,1H3. The molecule has 0 aromatic heterocycles. The molecule has 2 rings (SSSR count). The molecule has 0 bridgehead atoms. The van der Waals surface area contributed by atoms with E-state index >= 15 is 0 Å². The second-order valence-corrected chi connectivity index (χ2v) is 4.49. The van der Waals surface area contributed by atoms with Crippen molar-refractivity contribution in [1.82, 2.24) is 0 Å². The topological polar surface area (TPSA) is 85.3 Å². The maximum Gasteiger partial charge on any atom is 0.341 e. The third-order valence-electron chi connectivity index (χ3n) is 2.69. The molecule has 5 nitrogen and oxygen atoms in total. The molecule has 0 radical (unpaired) electrons. The molecular weight excluding hydrogens is 292 g/mol. The van der Waals surface area contributed by atoms with Crippen LogP contribution in [0.15, 0.2) is 36.4 Å². The van der Waals surface area contributed by atoms with Gasteiger partial charge in [0.2, 0.25) is 0 Å². The van der Waals surface area contributed by atoms with E-state index in [0.717, 1.165) is 0 Å². The highest BCUT2D eigenvalue weighted by atomic mass is 35.5. The van der Waals surface area contributed by atoms with Crippen molar-refractivity contribution in [2.45, 2.75) is 0 Å². The highest BCUT2D eigenvalue weighted by Gasteiger charge is 2.19. The molecule has 0 fully saturated rings. The average molecular weight is 303 g/mol. The van der Waals surface area contributed by atoms with Gasteiger partial charge in [-0.15, -0.1) is 0 Å². The van der Waals surface area contributed by atoms with Crippen LogP contribution in [0.1, 0.15) is 15.9 Å². The number of benzene rings is 2. The van der Waals surface area contributed by atoms with E-state index in [1.165, 1.54) is 19.2 Å². The Hall–Kier alpha value is -2.71. The quantitative estimate of drug-likeness (QED) is 0.694. The molecule has 0 aliphatic heterocycles. The largest absolute Gasteiger partial charge is 0.465 e. The molecular formula is C15H11ClN2O3. The molecule has 0 spiro atoms. The molecule has 0 unspecified atom stereocenters. The van der Waals surface area contributed by atoms with E-state index in [1.807, 2.05) is 6.07 Å². The minimum absolute atomic E-state index is 0.0928. The van der Waals surface area contributed by atoms with E-state index in [2.05, 4.69) is 4.74 Å². The van der Waals surface area contributed by atoms with Gasteiger partial charge in [-0.2, -0.15) is 5.26 Å². The van der Waals surface area contributed by atoms with Gasteiger partial charge in [0.15, 0.2) is 5.75 Å². The maximum atomic E-state index is 11.8. The van der Waals surface area contributed by atoms with Crippen molar-refractivity contribution in [2.75, 3.05) is 12.8 Å². The third kappa shape index (κ3) is 3.07. The van der Waals surface area contributed by atoms with Crippen molar-refractivity contribution in [1.29, 1.82) is 5.26 Å². The minimum Gasteiger partial charge on any atom is -0.465 e. The lowest BCUT2D eigenvalue weighted by molar-refractivity contribution is 0.0598. The van der Waals surface area contributed by atoms with Gasteiger partial charge < -0.3 is 15.2 Å². The molecule has 0 atom stereocenters. The lowest BCUT2D eigenvalue weighted by Gasteiger charge is -2.13. The molecule has 2 N–H and O–H groups in total. The van der Waals surface area contributed by atoms with Crippen molar-refractivity contribution in [3.05, 3.63) is 52.5 Å². The van der Waals surface area contributed by atoms with E-state index in [4.69, 9.17) is 27.3 Å². The summed E-state index contributed by atoms with van der Waals surface area (Å²) in [5.74, 6) is -0.245. The van der Waals surface area contributed by atoms with Crippen LogP contribution in [0.4, 0.5) is 5.69 Å². The number of ether oxygens (including phenoxy) is 2. The molecule has 0 saturated carbocycles. The highest BCUT2D eigenvalue weighted by molar-refractivity contribution is 6.33. The summed E-state index contributed by atoms with van der Waals surface area (Å²) in [5, 5.41) is 9.22. The number of nitrogens with zero attached hydrogens (tertiary/aromatic N) is 1. The van der Waals surface area contributed by atoms with Crippen molar-refractivity contribution >= 4 is 23.3 Å². The summed E-state index contributed by atoms with van der Waals surface area (Å²) < 4.78 is 10.3. The van der Waals surface area contributed by atoms with Crippen LogP contribution in [-0.2, 0) is 4.74 Å². The van der Waals surface area contributed by atoms with Crippen molar-refractivity contribution < 1.29 is 14.3 Å². The second kappa shape index (κ2) is 6.16. The van der Waals surface area contributed by atoms with Gasteiger partial charge in [-0.25, -0.2) is 4.79 Å². The third-order valence-corrected chi connectivity index (χ3v) is 2.97. The van der Waals surface area contributed by atoms with Gasteiger partial charge in [0.05, 0.1) is 17.7 Å². The van der Waals surface area contributed by atoms with Gasteiger partial charge in [0.25, 0.3) is 0 Å². The Morgan fingerprint density at radius 3 is 2.71 bits per heavy atom. The first-order chi connectivity index (χ1) is 10.1. The van der Waals surface area contributed by atoms with Gasteiger partial charge in [-0.05, 0) is 24.3 Å². The van der Waals surface area contributed by atoms with E-state index in [-0.39, 0.29) is 22.1 Å². The number of rotatable bonds is 3. The number of carbonyl (C=O) groups excluding carboxylic acids is 1. The Labute approximate surface area is 126 Å². The number of nitrogen functional groups attached to an aromatic ring is 1. The molecule has 0 heterocycles. The Kier molecular flexibility index (Phi) is 4.31. The van der Waals surface area contributed by atoms with Crippen LogP contribution >= 0.6 is 11.6 Å². The van der Waals surface area contributed by atoms with Gasteiger partial charge in [-0.1, -0.05) is 23.7 Å². The predicted molar refractivity (Wildman–Crippen MR) is 78.4 cm³/mol. The first kappa shape index (κ1) is 14.7. The monoisotopic (exact) mass is 302 g/mol. The number of halogens is 1. The van der Waals surface area contributed by atoms with Gasteiger partial charge in [0, 0.05) is 5.69 Å². The van der Waals surface area contributed by atoms with E-state index in [1.54, 1.807) is 24.3 Å². The molecule has 106 valence electrons. The molecule has 21 heavy (non-hydrogen) atoms. The molecule has 6 heteroatoms. The maximum absolute atomic E-state index is 11.8. The fourth-order valence-electron chi connectivity index (χ4n) is 1.74. The fourth-order valence-corrected chi connectivity index (χ4v) is 2.00. The minimum atomic E-state index is -0.631. The normalized spacial score (nSPS) is 9.76. The lowest BCUT2D eigenvalue weighted by Crippen LogP contribution is -2.05. The Morgan fingerprint density at radius 2 is 2.05 bits per heavy atom. The van der Waals surface area contributed by atoms with E-state index in [0.29, 0.717) is 11.3 Å².